The summed E-state index contributed by atoms with van der Waals surface area (Å²) in [4.78, 5) is 4.35. The van der Waals surface area contributed by atoms with Gasteiger partial charge in [-0.15, -0.1) is 0 Å². The lowest BCUT2D eigenvalue weighted by atomic mass is 10.3. The molecule has 0 atom stereocenters. The van der Waals surface area contributed by atoms with Crippen LogP contribution in [-0.4, -0.2) is 19.9 Å². The summed E-state index contributed by atoms with van der Waals surface area (Å²) in [7, 11) is -3.47. The summed E-state index contributed by atoms with van der Waals surface area (Å²) in [5.74, 6) is 0.575. The van der Waals surface area contributed by atoms with Gasteiger partial charge in [-0.2, -0.15) is 0 Å². The zero-order valence-corrected chi connectivity index (χ0v) is 12.7. The van der Waals surface area contributed by atoms with Crippen LogP contribution in [0, 0.1) is 6.92 Å². The molecule has 19 heavy (non-hydrogen) atoms. The van der Waals surface area contributed by atoms with Gasteiger partial charge in [-0.1, -0.05) is 15.9 Å². The number of hydrogen-bond acceptors (Lipinski definition) is 4. The van der Waals surface area contributed by atoms with Crippen LogP contribution in [0.1, 0.15) is 11.6 Å². The Labute approximate surface area is 120 Å². The normalized spacial score (nSPS) is 11.7. The maximum absolute atomic E-state index is 12.0. The summed E-state index contributed by atoms with van der Waals surface area (Å²) in [6.07, 6.45) is 2.02. The van der Waals surface area contributed by atoms with E-state index in [2.05, 4.69) is 25.6 Å². The Balaban J connectivity index is 1.96. The fraction of sp³-hybridized carbons (Fsp3) is 0.250. The van der Waals surface area contributed by atoms with Crippen molar-refractivity contribution in [3.8, 4) is 0 Å². The van der Waals surface area contributed by atoms with Crippen LogP contribution in [-0.2, 0) is 16.4 Å². The highest BCUT2D eigenvalue weighted by Gasteiger charge is 2.13. The van der Waals surface area contributed by atoms with Crippen LogP contribution in [0.3, 0.4) is 0 Å². The van der Waals surface area contributed by atoms with Gasteiger partial charge in [0.2, 0.25) is 10.0 Å². The van der Waals surface area contributed by atoms with E-state index in [4.69, 9.17) is 4.42 Å². The van der Waals surface area contributed by atoms with Crippen LogP contribution < -0.4 is 4.72 Å². The minimum Gasteiger partial charge on any atom is -0.449 e. The third-order valence-corrected chi connectivity index (χ3v) is 4.47. The molecule has 0 aliphatic rings. The van der Waals surface area contributed by atoms with Gasteiger partial charge in [0, 0.05) is 24.4 Å². The Bertz CT molecular complexity index is 650. The Morgan fingerprint density at radius 1 is 1.32 bits per heavy atom. The van der Waals surface area contributed by atoms with Gasteiger partial charge in [0.05, 0.1) is 10.6 Å². The van der Waals surface area contributed by atoms with E-state index in [0.717, 1.165) is 10.2 Å². The van der Waals surface area contributed by atoms with E-state index < -0.39 is 10.0 Å². The first-order chi connectivity index (χ1) is 8.97. The van der Waals surface area contributed by atoms with Crippen LogP contribution in [0.15, 0.2) is 44.3 Å². The zero-order chi connectivity index (χ0) is 13.9. The number of hydrogen-bond donors (Lipinski definition) is 1. The van der Waals surface area contributed by atoms with Crippen LogP contribution in [0.25, 0.3) is 0 Å². The Morgan fingerprint density at radius 3 is 2.58 bits per heavy atom. The fourth-order valence-corrected chi connectivity index (χ4v) is 2.83. The number of nitrogens with zero attached hydrogens (tertiary/aromatic N) is 1. The second-order valence-electron chi connectivity index (χ2n) is 3.96. The molecule has 0 aliphatic carbocycles. The highest BCUT2D eigenvalue weighted by atomic mass is 79.9. The highest BCUT2D eigenvalue weighted by molar-refractivity contribution is 9.10. The van der Waals surface area contributed by atoms with Crippen molar-refractivity contribution in [2.75, 3.05) is 6.54 Å². The van der Waals surface area contributed by atoms with Crippen LogP contribution in [0.4, 0.5) is 0 Å². The van der Waals surface area contributed by atoms with Crippen LogP contribution in [0.2, 0.25) is 0 Å². The lowest BCUT2D eigenvalue weighted by molar-refractivity contribution is 0.520. The number of nitrogens with one attached hydrogen (secondary N) is 1. The SMILES string of the molecule is Cc1nc(CCNS(=O)(=O)c2ccc(Br)cc2)co1. The zero-order valence-electron chi connectivity index (χ0n) is 10.3. The molecule has 1 aromatic heterocycles. The number of aryl methyl sites for hydroxylation is 1. The van der Waals surface area contributed by atoms with E-state index >= 15 is 0 Å². The van der Waals surface area contributed by atoms with E-state index in [9.17, 15) is 8.42 Å². The molecular formula is C12H13BrN2O3S. The summed E-state index contributed by atoms with van der Waals surface area (Å²) in [5, 5.41) is 0. The molecule has 5 nitrogen and oxygen atoms in total. The number of aromatic nitrogens is 1. The molecule has 102 valence electrons. The topological polar surface area (TPSA) is 72.2 Å². The maximum Gasteiger partial charge on any atom is 0.240 e. The Kier molecular flexibility index (Phi) is 4.38. The average molecular weight is 345 g/mol. The summed E-state index contributed by atoms with van der Waals surface area (Å²) >= 11 is 3.26. The molecule has 0 spiro atoms. The molecule has 0 unspecified atom stereocenters. The molecule has 0 amide bonds. The molecule has 0 fully saturated rings. The predicted molar refractivity (Wildman–Crippen MR) is 74.3 cm³/mol. The molecule has 1 N–H and O–H groups in total. The van der Waals surface area contributed by atoms with Crippen molar-refractivity contribution in [2.45, 2.75) is 18.2 Å². The Hall–Kier alpha value is -1.18. The number of benzene rings is 1. The molecule has 2 rings (SSSR count). The van der Waals surface area contributed by atoms with Crippen molar-refractivity contribution >= 4 is 26.0 Å². The van der Waals surface area contributed by atoms with Gasteiger partial charge in [0.1, 0.15) is 6.26 Å². The van der Waals surface area contributed by atoms with Crippen molar-refractivity contribution in [2.24, 2.45) is 0 Å². The van der Waals surface area contributed by atoms with Crippen molar-refractivity contribution < 1.29 is 12.8 Å². The second kappa shape index (κ2) is 5.85. The van der Waals surface area contributed by atoms with Crippen molar-refractivity contribution in [3.05, 3.63) is 46.6 Å². The third-order valence-electron chi connectivity index (χ3n) is 2.46. The largest absolute Gasteiger partial charge is 0.449 e. The molecule has 0 aliphatic heterocycles. The number of sulfonamides is 1. The van der Waals surface area contributed by atoms with Gasteiger partial charge in [-0.3, -0.25) is 0 Å². The number of rotatable bonds is 5. The first kappa shape index (κ1) is 14.2. The first-order valence-corrected chi connectivity index (χ1v) is 7.91. The first-order valence-electron chi connectivity index (χ1n) is 5.63. The predicted octanol–water partition coefficient (Wildman–Crippen LogP) is 2.27. The molecule has 0 saturated carbocycles. The van der Waals surface area contributed by atoms with Gasteiger partial charge in [0.25, 0.3) is 0 Å². The molecule has 7 heteroatoms. The lowest BCUT2D eigenvalue weighted by Gasteiger charge is -2.05. The number of oxazole rings is 1. The minimum atomic E-state index is -3.47. The average Bonchev–Trinajstić information content (AvgIpc) is 2.75. The van der Waals surface area contributed by atoms with E-state index in [1.54, 1.807) is 31.2 Å². The van der Waals surface area contributed by atoms with Gasteiger partial charge < -0.3 is 4.42 Å². The maximum atomic E-state index is 12.0. The molecule has 0 saturated heterocycles. The molecule has 0 radical (unpaired) electrons. The highest BCUT2D eigenvalue weighted by Crippen LogP contribution is 2.14. The van der Waals surface area contributed by atoms with Gasteiger partial charge in [-0.05, 0) is 24.3 Å². The molecule has 1 heterocycles. The number of halogens is 1. The van der Waals surface area contributed by atoms with Gasteiger partial charge in [0.15, 0.2) is 5.89 Å². The van der Waals surface area contributed by atoms with Gasteiger partial charge >= 0.3 is 0 Å². The van der Waals surface area contributed by atoms with Crippen molar-refractivity contribution in [3.63, 3.8) is 0 Å². The molecule has 2 aromatic rings. The van der Waals surface area contributed by atoms with E-state index in [0.29, 0.717) is 12.3 Å². The van der Waals surface area contributed by atoms with Gasteiger partial charge in [-0.25, -0.2) is 18.1 Å². The monoisotopic (exact) mass is 344 g/mol. The summed E-state index contributed by atoms with van der Waals surface area (Å²) < 4.78 is 32.4. The van der Waals surface area contributed by atoms with E-state index in [1.165, 1.54) is 6.26 Å². The van der Waals surface area contributed by atoms with Crippen molar-refractivity contribution in [1.82, 2.24) is 9.71 Å². The summed E-state index contributed by atoms with van der Waals surface area (Å²) in [6, 6.07) is 6.48. The summed E-state index contributed by atoms with van der Waals surface area (Å²) in [6.45, 7) is 2.03. The smallest absolute Gasteiger partial charge is 0.240 e. The standard InChI is InChI=1S/C12H13BrN2O3S/c1-9-15-11(8-18-9)6-7-14-19(16,17)12-4-2-10(13)3-5-12/h2-5,8,14H,6-7H2,1H3. The van der Waals surface area contributed by atoms with Crippen LogP contribution >= 0.6 is 15.9 Å². The third kappa shape index (κ3) is 3.89. The summed E-state index contributed by atoms with van der Waals surface area (Å²) in [5.41, 5.74) is 0.732. The minimum absolute atomic E-state index is 0.243. The van der Waals surface area contributed by atoms with Crippen molar-refractivity contribution in [1.29, 1.82) is 0 Å². The lowest BCUT2D eigenvalue weighted by Crippen LogP contribution is -2.26. The quantitative estimate of drug-likeness (QED) is 0.902. The van der Waals surface area contributed by atoms with E-state index in [-0.39, 0.29) is 11.4 Å². The molecule has 0 bridgehead atoms. The van der Waals surface area contributed by atoms with Crippen LogP contribution in [0.5, 0.6) is 0 Å². The molecular weight excluding hydrogens is 332 g/mol. The second-order valence-corrected chi connectivity index (χ2v) is 6.64. The molecule has 1 aromatic carbocycles. The fourth-order valence-electron chi connectivity index (χ4n) is 1.53. The Morgan fingerprint density at radius 2 is 2.00 bits per heavy atom. The van der Waals surface area contributed by atoms with E-state index in [1.807, 2.05) is 0 Å².